The predicted octanol–water partition coefficient (Wildman–Crippen LogP) is 0.891. The van der Waals surface area contributed by atoms with Crippen LogP contribution in [-0.2, 0) is 14.3 Å². The Morgan fingerprint density at radius 1 is 1.19 bits per heavy atom. The molecule has 1 unspecified atom stereocenters. The van der Waals surface area contributed by atoms with Gasteiger partial charge in [0.1, 0.15) is 12.2 Å². The summed E-state index contributed by atoms with van der Waals surface area (Å²) in [7, 11) is 0. The van der Waals surface area contributed by atoms with E-state index in [0.717, 1.165) is 25.7 Å². The van der Waals surface area contributed by atoms with Crippen molar-refractivity contribution in [1.82, 2.24) is 0 Å². The molecule has 3 atom stereocenters. The first kappa shape index (κ1) is 17.5. The van der Waals surface area contributed by atoms with E-state index in [1.54, 1.807) is 0 Å². The lowest BCUT2D eigenvalue weighted by atomic mass is 9.99. The second-order valence-corrected chi connectivity index (χ2v) is 5.13. The maximum absolute atomic E-state index is 11.7. The van der Waals surface area contributed by atoms with Gasteiger partial charge in [-0.25, -0.2) is 4.79 Å². The first-order valence-corrected chi connectivity index (χ1v) is 7.12. The van der Waals surface area contributed by atoms with Gasteiger partial charge in [-0.1, -0.05) is 32.6 Å². The first-order chi connectivity index (χ1) is 9.90. The normalized spacial score (nSPS) is 21.3. The Morgan fingerprint density at radius 3 is 2.33 bits per heavy atom. The van der Waals surface area contributed by atoms with Crippen molar-refractivity contribution in [3.8, 4) is 0 Å². The molecular formula is C14H22O7. The van der Waals surface area contributed by atoms with E-state index in [1.807, 2.05) is 0 Å². The maximum Gasteiger partial charge on any atom is 0.377 e. The largest absolute Gasteiger partial charge is 0.505 e. The van der Waals surface area contributed by atoms with Crippen molar-refractivity contribution in [2.75, 3.05) is 0 Å². The van der Waals surface area contributed by atoms with E-state index in [2.05, 4.69) is 11.7 Å². The molecule has 1 heterocycles. The first-order valence-electron chi connectivity index (χ1n) is 7.12. The topological polar surface area (TPSA) is 124 Å². The molecule has 4 N–H and O–H groups in total. The fraction of sp³-hybridized carbons (Fsp3) is 0.714. The minimum absolute atomic E-state index is 0.0963. The fourth-order valence-corrected chi connectivity index (χ4v) is 2.10. The molecular weight excluding hydrogens is 280 g/mol. The highest BCUT2D eigenvalue weighted by molar-refractivity contribution is 5.89. The van der Waals surface area contributed by atoms with Crippen LogP contribution in [0.4, 0.5) is 0 Å². The van der Waals surface area contributed by atoms with Gasteiger partial charge in [0.25, 0.3) is 0 Å². The molecule has 21 heavy (non-hydrogen) atoms. The van der Waals surface area contributed by atoms with E-state index in [-0.39, 0.29) is 6.42 Å². The molecule has 0 saturated carbocycles. The van der Waals surface area contributed by atoms with Crippen molar-refractivity contribution in [1.29, 1.82) is 0 Å². The molecule has 0 aromatic rings. The number of rotatable bonds is 9. The Kier molecular flexibility index (Phi) is 6.64. The monoisotopic (exact) mass is 302 g/mol. The Labute approximate surface area is 122 Å². The number of esters is 1. The second-order valence-electron chi connectivity index (χ2n) is 5.13. The number of ketones is 1. The van der Waals surface area contributed by atoms with Gasteiger partial charge in [0.05, 0.1) is 0 Å². The molecule has 0 aliphatic carbocycles. The van der Waals surface area contributed by atoms with Gasteiger partial charge in [0.15, 0.2) is 17.6 Å². The SMILES string of the molecule is CCCCCCCC(=O)C(O)[C@H](O)[C@H]1OC(=O)C(O)=C1O. The molecule has 0 radical (unpaired) electrons. The number of hydrogen-bond acceptors (Lipinski definition) is 7. The maximum atomic E-state index is 11.7. The molecule has 1 rings (SSSR count). The van der Waals surface area contributed by atoms with E-state index >= 15 is 0 Å². The van der Waals surface area contributed by atoms with Gasteiger partial charge in [-0.05, 0) is 6.42 Å². The van der Waals surface area contributed by atoms with Crippen molar-refractivity contribution in [3.63, 3.8) is 0 Å². The zero-order chi connectivity index (χ0) is 16.0. The summed E-state index contributed by atoms with van der Waals surface area (Å²) in [6, 6.07) is 0. The number of hydrogen-bond donors (Lipinski definition) is 4. The number of ether oxygens (including phenoxy) is 1. The molecule has 0 fully saturated rings. The number of unbranched alkanes of at least 4 members (excludes halogenated alkanes) is 4. The van der Waals surface area contributed by atoms with Crippen LogP contribution in [0.1, 0.15) is 45.4 Å². The third kappa shape index (κ3) is 4.44. The number of cyclic esters (lactones) is 1. The van der Waals surface area contributed by atoms with Crippen LogP contribution in [0, 0.1) is 0 Å². The average molecular weight is 302 g/mol. The Bertz CT molecular complexity index is 416. The molecule has 1 aliphatic heterocycles. The van der Waals surface area contributed by atoms with Crippen LogP contribution in [0.15, 0.2) is 11.5 Å². The molecule has 7 nitrogen and oxygen atoms in total. The minimum atomic E-state index is -1.80. The van der Waals surface area contributed by atoms with Crippen molar-refractivity contribution in [3.05, 3.63) is 11.5 Å². The lowest BCUT2D eigenvalue weighted by molar-refractivity contribution is -0.154. The molecule has 1 aliphatic rings. The van der Waals surface area contributed by atoms with Crippen LogP contribution >= 0.6 is 0 Å². The van der Waals surface area contributed by atoms with Gasteiger partial charge < -0.3 is 25.2 Å². The van der Waals surface area contributed by atoms with Crippen molar-refractivity contribution < 1.29 is 34.8 Å². The number of carbonyl (C=O) groups is 2. The molecule has 0 saturated heterocycles. The molecule has 0 aromatic heterocycles. The van der Waals surface area contributed by atoms with Gasteiger partial charge in [0.2, 0.25) is 5.76 Å². The van der Waals surface area contributed by atoms with Crippen molar-refractivity contribution >= 4 is 11.8 Å². The van der Waals surface area contributed by atoms with E-state index in [4.69, 9.17) is 5.11 Å². The smallest absolute Gasteiger partial charge is 0.377 e. The standard InChI is InChI=1S/C14H22O7/c1-2-3-4-5-6-7-8(15)9(16)10(17)13-11(18)12(19)14(20)21-13/h9-10,13,16-19H,2-7H2,1H3/t9?,10-,13+/m0/s1. The van der Waals surface area contributed by atoms with E-state index in [9.17, 15) is 24.9 Å². The van der Waals surface area contributed by atoms with Gasteiger partial charge in [-0.2, -0.15) is 0 Å². The number of carbonyl (C=O) groups excluding carboxylic acids is 2. The summed E-state index contributed by atoms with van der Waals surface area (Å²) in [5.41, 5.74) is 0. The summed E-state index contributed by atoms with van der Waals surface area (Å²) in [6.45, 7) is 2.07. The number of aliphatic hydroxyl groups is 4. The van der Waals surface area contributed by atoms with Crippen LogP contribution in [0.25, 0.3) is 0 Å². The van der Waals surface area contributed by atoms with Gasteiger partial charge in [-0.3, -0.25) is 4.79 Å². The van der Waals surface area contributed by atoms with Crippen LogP contribution in [0.2, 0.25) is 0 Å². The molecule has 0 aromatic carbocycles. The molecule has 120 valence electrons. The van der Waals surface area contributed by atoms with Gasteiger partial charge in [0, 0.05) is 6.42 Å². The average Bonchev–Trinajstić information content (AvgIpc) is 2.73. The van der Waals surface area contributed by atoms with Crippen LogP contribution in [0.5, 0.6) is 0 Å². The van der Waals surface area contributed by atoms with Crippen LogP contribution in [-0.4, -0.2) is 50.5 Å². The van der Waals surface area contributed by atoms with E-state index in [0.29, 0.717) is 6.42 Å². The highest BCUT2D eigenvalue weighted by Crippen LogP contribution is 2.23. The fourth-order valence-electron chi connectivity index (χ4n) is 2.10. The number of aliphatic hydroxyl groups excluding tert-OH is 4. The van der Waals surface area contributed by atoms with Gasteiger partial charge >= 0.3 is 5.97 Å². The number of Topliss-reactive ketones (excluding diaryl/α,β-unsaturated/α-hetero) is 1. The summed E-state index contributed by atoms with van der Waals surface area (Å²) in [6.07, 6.45) is -0.487. The van der Waals surface area contributed by atoms with Crippen LogP contribution in [0.3, 0.4) is 0 Å². The zero-order valence-electron chi connectivity index (χ0n) is 12.0. The van der Waals surface area contributed by atoms with E-state index in [1.165, 1.54) is 0 Å². The third-order valence-corrected chi connectivity index (χ3v) is 3.43. The quantitative estimate of drug-likeness (QED) is 0.368. The molecule has 0 amide bonds. The molecule has 7 heteroatoms. The summed E-state index contributed by atoms with van der Waals surface area (Å²) in [5.74, 6) is -3.68. The Hall–Kier alpha value is -1.60. The lowest BCUT2D eigenvalue weighted by Crippen LogP contribution is -2.43. The van der Waals surface area contributed by atoms with Crippen molar-refractivity contribution in [2.24, 2.45) is 0 Å². The van der Waals surface area contributed by atoms with E-state index < -0.39 is 41.6 Å². The van der Waals surface area contributed by atoms with Gasteiger partial charge in [-0.15, -0.1) is 0 Å². The zero-order valence-corrected chi connectivity index (χ0v) is 12.0. The summed E-state index contributed by atoms with van der Waals surface area (Å²) in [4.78, 5) is 22.7. The molecule has 0 spiro atoms. The van der Waals surface area contributed by atoms with Crippen molar-refractivity contribution in [2.45, 2.75) is 63.8 Å². The minimum Gasteiger partial charge on any atom is -0.505 e. The Morgan fingerprint density at radius 2 is 1.81 bits per heavy atom. The summed E-state index contributed by atoms with van der Waals surface area (Å²) < 4.78 is 4.50. The second kappa shape index (κ2) is 7.99. The lowest BCUT2D eigenvalue weighted by Gasteiger charge is -2.21. The highest BCUT2D eigenvalue weighted by Gasteiger charge is 2.43. The third-order valence-electron chi connectivity index (χ3n) is 3.43. The highest BCUT2D eigenvalue weighted by atomic mass is 16.6. The Balaban J connectivity index is 2.45. The summed E-state index contributed by atoms with van der Waals surface area (Å²) in [5, 5.41) is 38.0. The predicted molar refractivity (Wildman–Crippen MR) is 72.6 cm³/mol. The van der Waals surface area contributed by atoms with Crippen LogP contribution < -0.4 is 0 Å². The molecule has 0 bridgehead atoms. The summed E-state index contributed by atoms with van der Waals surface area (Å²) >= 11 is 0.